The van der Waals surface area contributed by atoms with Gasteiger partial charge in [-0.2, -0.15) is 4.98 Å². The number of nitrogens with one attached hydrogen (secondary N) is 2. The second kappa shape index (κ2) is 8.50. The van der Waals surface area contributed by atoms with E-state index in [2.05, 4.69) is 20.6 Å². The van der Waals surface area contributed by atoms with Gasteiger partial charge in [0.15, 0.2) is 23.1 Å². The summed E-state index contributed by atoms with van der Waals surface area (Å²) in [5.74, 6) is 1.64. The fourth-order valence-electron chi connectivity index (χ4n) is 2.85. The van der Waals surface area contributed by atoms with Crippen molar-refractivity contribution in [3.05, 3.63) is 47.4 Å². The van der Waals surface area contributed by atoms with E-state index >= 15 is 0 Å². The number of hydrogen-bond acceptors (Lipinski definition) is 8. The molecule has 0 radical (unpaired) electrons. The quantitative estimate of drug-likeness (QED) is 0.587. The summed E-state index contributed by atoms with van der Waals surface area (Å²) in [7, 11) is 3.00. The van der Waals surface area contributed by atoms with Crippen molar-refractivity contribution in [2.24, 2.45) is 0 Å². The average molecular weight is 433 g/mol. The molecule has 0 spiro atoms. The van der Waals surface area contributed by atoms with Crippen LogP contribution in [0.5, 0.6) is 23.0 Å². The molecule has 8 nitrogen and oxygen atoms in total. The SMILES string of the molecule is COc1cc(Nc2ncc(F)c(Nc3ccc4c(c3)OCCO4)n2)c(OC)cc1Cl. The number of nitrogens with zero attached hydrogens (tertiary/aromatic N) is 2. The fourth-order valence-corrected chi connectivity index (χ4v) is 3.08. The molecule has 10 heteroatoms. The molecule has 1 aliphatic rings. The van der Waals surface area contributed by atoms with E-state index in [1.807, 2.05) is 0 Å². The Labute approximate surface area is 176 Å². The van der Waals surface area contributed by atoms with E-state index in [0.717, 1.165) is 6.20 Å². The van der Waals surface area contributed by atoms with Crippen molar-refractivity contribution in [2.45, 2.75) is 0 Å². The Kier molecular flexibility index (Phi) is 5.62. The summed E-state index contributed by atoms with van der Waals surface area (Å²) in [6.07, 6.45) is 1.06. The average Bonchev–Trinajstić information content (AvgIpc) is 2.76. The molecular formula is C20H18ClFN4O4. The molecule has 3 aromatic rings. The van der Waals surface area contributed by atoms with Gasteiger partial charge in [-0.15, -0.1) is 0 Å². The molecule has 2 aromatic carbocycles. The molecule has 0 fully saturated rings. The van der Waals surface area contributed by atoms with Crippen LogP contribution in [0.1, 0.15) is 0 Å². The molecule has 0 saturated heterocycles. The monoisotopic (exact) mass is 432 g/mol. The van der Waals surface area contributed by atoms with Crippen molar-refractivity contribution in [1.29, 1.82) is 0 Å². The van der Waals surface area contributed by atoms with E-state index < -0.39 is 5.82 Å². The first-order chi connectivity index (χ1) is 14.6. The Bertz CT molecular complexity index is 1080. The minimum atomic E-state index is -0.615. The lowest BCUT2D eigenvalue weighted by atomic mass is 10.2. The summed E-state index contributed by atoms with van der Waals surface area (Å²) in [5.41, 5.74) is 1.10. The van der Waals surface area contributed by atoms with Gasteiger partial charge in [0.25, 0.3) is 0 Å². The molecule has 156 valence electrons. The van der Waals surface area contributed by atoms with Crippen LogP contribution in [-0.2, 0) is 0 Å². The van der Waals surface area contributed by atoms with Gasteiger partial charge in [-0.05, 0) is 12.1 Å². The molecule has 0 atom stereocenters. The van der Waals surface area contributed by atoms with Gasteiger partial charge in [-0.1, -0.05) is 11.6 Å². The summed E-state index contributed by atoms with van der Waals surface area (Å²) in [4.78, 5) is 8.21. The largest absolute Gasteiger partial charge is 0.495 e. The summed E-state index contributed by atoms with van der Waals surface area (Å²) in [6, 6.07) is 8.45. The maximum atomic E-state index is 14.3. The van der Waals surface area contributed by atoms with Gasteiger partial charge in [-0.3, -0.25) is 0 Å². The van der Waals surface area contributed by atoms with Crippen LogP contribution >= 0.6 is 11.6 Å². The van der Waals surface area contributed by atoms with Crippen molar-refractivity contribution in [2.75, 3.05) is 38.1 Å². The number of ether oxygens (including phenoxy) is 4. The Hall–Kier alpha value is -3.46. The summed E-state index contributed by atoms with van der Waals surface area (Å²) in [6.45, 7) is 0.951. The molecule has 0 unspecified atom stereocenters. The Morgan fingerprint density at radius 1 is 1.00 bits per heavy atom. The molecule has 0 saturated carbocycles. The molecule has 4 rings (SSSR count). The Morgan fingerprint density at radius 2 is 1.77 bits per heavy atom. The standard InChI is InChI=1S/C20H18ClFN4O4/c1-27-16-9-14(17(28-2)8-12(16)21)25-20-23-10-13(22)19(26-20)24-11-3-4-15-18(7-11)30-6-5-29-15/h3-4,7-10H,5-6H2,1-2H3,(H2,23,24,25,26). The highest BCUT2D eigenvalue weighted by Crippen LogP contribution is 2.37. The zero-order chi connectivity index (χ0) is 21.1. The van der Waals surface area contributed by atoms with Crippen molar-refractivity contribution >= 4 is 34.7 Å². The number of rotatable bonds is 6. The number of halogens is 2. The van der Waals surface area contributed by atoms with E-state index in [-0.39, 0.29) is 11.8 Å². The van der Waals surface area contributed by atoms with Crippen LogP contribution in [0.3, 0.4) is 0 Å². The minimum absolute atomic E-state index is 0.0101. The number of aromatic nitrogens is 2. The van der Waals surface area contributed by atoms with E-state index in [1.54, 1.807) is 30.3 Å². The summed E-state index contributed by atoms with van der Waals surface area (Å²) >= 11 is 6.13. The van der Waals surface area contributed by atoms with E-state index in [9.17, 15) is 4.39 Å². The van der Waals surface area contributed by atoms with E-state index in [1.165, 1.54) is 14.2 Å². The normalized spacial score (nSPS) is 12.3. The van der Waals surface area contributed by atoms with Crippen LogP contribution in [0.15, 0.2) is 36.5 Å². The molecular weight excluding hydrogens is 415 g/mol. The van der Waals surface area contributed by atoms with Gasteiger partial charge in [0.05, 0.1) is 31.1 Å². The lowest BCUT2D eigenvalue weighted by Gasteiger charge is -2.19. The fraction of sp³-hybridized carbons (Fsp3) is 0.200. The van der Waals surface area contributed by atoms with Crippen LogP contribution in [0.4, 0.5) is 27.5 Å². The van der Waals surface area contributed by atoms with Gasteiger partial charge in [0.2, 0.25) is 5.95 Å². The number of fused-ring (bicyclic) bond motifs is 1. The maximum absolute atomic E-state index is 14.3. The topological polar surface area (TPSA) is 86.8 Å². The van der Waals surface area contributed by atoms with Crippen molar-refractivity contribution in [1.82, 2.24) is 9.97 Å². The van der Waals surface area contributed by atoms with E-state index in [4.69, 9.17) is 30.5 Å². The first-order valence-corrected chi connectivity index (χ1v) is 9.33. The second-order valence-electron chi connectivity index (χ2n) is 6.19. The predicted molar refractivity (Wildman–Crippen MR) is 111 cm³/mol. The van der Waals surface area contributed by atoms with Crippen LogP contribution in [-0.4, -0.2) is 37.4 Å². The van der Waals surface area contributed by atoms with Gasteiger partial charge in [-0.25, -0.2) is 9.37 Å². The van der Waals surface area contributed by atoms with Crippen LogP contribution < -0.4 is 29.6 Å². The first-order valence-electron chi connectivity index (χ1n) is 8.95. The summed E-state index contributed by atoms with van der Waals surface area (Å²) < 4.78 is 35.9. The highest BCUT2D eigenvalue weighted by atomic mass is 35.5. The number of methoxy groups -OCH3 is 2. The third kappa shape index (κ3) is 4.11. The van der Waals surface area contributed by atoms with Crippen LogP contribution in [0.2, 0.25) is 5.02 Å². The maximum Gasteiger partial charge on any atom is 0.229 e. The smallest absolute Gasteiger partial charge is 0.229 e. The van der Waals surface area contributed by atoms with Crippen LogP contribution in [0.25, 0.3) is 0 Å². The molecule has 0 aliphatic carbocycles. The van der Waals surface area contributed by atoms with Gasteiger partial charge in [0, 0.05) is 23.9 Å². The third-order valence-electron chi connectivity index (χ3n) is 4.27. The second-order valence-corrected chi connectivity index (χ2v) is 6.59. The van der Waals surface area contributed by atoms with Crippen molar-refractivity contribution < 1.29 is 23.3 Å². The van der Waals surface area contributed by atoms with Crippen molar-refractivity contribution in [3.63, 3.8) is 0 Å². The van der Waals surface area contributed by atoms with Gasteiger partial charge < -0.3 is 29.6 Å². The zero-order valence-electron chi connectivity index (χ0n) is 16.2. The molecule has 1 aliphatic heterocycles. The molecule has 1 aromatic heterocycles. The highest BCUT2D eigenvalue weighted by molar-refractivity contribution is 6.32. The lowest BCUT2D eigenvalue weighted by molar-refractivity contribution is 0.171. The van der Waals surface area contributed by atoms with E-state index in [0.29, 0.717) is 52.6 Å². The minimum Gasteiger partial charge on any atom is -0.495 e. The highest BCUT2D eigenvalue weighted by Gasteiger charge is 2.15. The number of anilines is 4. The van der Waals surface area contributed by atoms with Gasteiger partial charge >= 0.3 is 0 Å². The van der Waals surface area contributed by atoms with Crippen molar-refractivity contribution in [3.8, 4) is 23.0 Å². The molecule has 0 amide bonds. The molecule has 2 heterocycles. The first kappa shape index (κ1) is 19.8. The Balaban J connectivity index is 1.60. The molecule has 2 N–H and O–H groups in total. The lowest BCUT2D eigenvalue weighted by Crippen LogP contribution is -2.15. The Morgan fingerprint density at radius 3 is 2.53 bits per heavy atom. The molecule has 0 bridgehead atoms. The number of hydrogen-bond donors (Lipinski definition) is 2. The zero-order valence-corrected chi connectivity index (χ0v) is 16.9. The third-order valence-corrected chi connectivity index (χ3v) is 4.56. The van der Waals surface area contributed by atoms with Gasteiger partial charge in [0.1, 0.15) is 24.7 Å². The molecule has 30 heavy (non-hydrogen) atoms. The van der Waals surface area contributed by atoms with Crippen LogP contribution in [0, 0.1) is 5.82 Å². The summed E-state index contributed by atoms with van der Waals surface area (Å²) in [5, 5.41) is 6.31. The number of benzene rings is 2. The predicted octanol–water partition coefficient (Wildman–Crippen LogP) is 4.54.